The van der Waals surface area contributed by atoms with Crippen LogP contribution in [0, 0.1) is 0 Å². The Labute approximate surface area is 153 Å². The smallest absolute Gasteiger partial charge is 0.234 e. The van der Waals surface area contributed by atoms with Gasteiger partial charge in [0, 0.05) is 12.2 Å². The largest absolute Gasteiger partial charge is 0.271 e. The van der Waals surface area contributed by atoms with Crippen molar-refractivity contribution >= 4 is 44.2 Å². The number of aliphatic imine (C=N–C) groups is 1. The third-order valence-corrected chi connectivity index (χ3v) is 6.89. The molecule has 0 saturated heterocycles. The van der Waals surface area contributed by atoms with Gasteiger partial charge in [0.05, 0.1) is 12.3 Å². The molecule has 124 valence electrons. The predicted molar refractivity (Wildman–Crippen MR) is 103 cm³/mol. The lowest BCUT2D eigenvalue weighted by Crippen LogP contribution is -1.97. The van der Waals surface area contributed by atoms with Gasteiger partial charge < -0.3 is 0 Å². The number of fused-ring (bicyclic) bond motifs is 1. The van der Waals surface area contributed by atoms with Crippen LogP contribution in [0.5, 0.6) is 0 Å². The molecule has 0 amide bonds. The van der Waals surface area contributed by atoms with E-state index in [1.54, 1.807) is 23.1 Å². The molecule has 1 aliphatic rings. The summed E-state index contributed by atoms with van der Waals surface area (Å²) in [6, 6.07) is 10.6. The van der Waals surface area contributed by atoms with Gasteiger partial charge in [-0.3, -0.25) is 4.99 Å². The van der Waals surface area contributed by atoms with Crippen molar-refractivity contribution in [3.05, 3.63) is 46.7 Å². The first-order chi connectivity index (χ1) is 11.9. The SMILES string of the molecule is c1ccc(CCCc2nn3c(CSC4=NCCS4)nnc3s2)cc1. The Hall–Kier alpha value is -1.38. The summed E-state index contributed by atoms with van der Waals surface area (Å²) < 4.78 is 3.06. The summed E-state index contributed by atoms with van der Waals surface area (Å²) >= 11 is 5.20. The molecular weight excluding hydrogens is 358 g/mol. The Balaban J connectivity index is 1.36. The van der Waals surface area contributed by atoms with Crippen LogP contribution < -0.4 is 0 Å². The number of rotatable bonds is 6. The van der Waals surface area contributed by atoms with Gasteiger partial charge in [-0.25, -0.2) is 0 Å². The molecular formula is C16H17N5S3. The third-order valence-electron chi connectivity index (χ3n) is 3.68. The second-order valence-corrected chi connectivity index (χ2v) is 8.78. The maximum absolute atomic E-state index is 4.70. The molecule has 1 aromatic carbocycles. The highest BCUT2D eigenvalue weighted by Gasteiger charge is 2.14. The Morgan fingerprint density at radius 2 is 2.04 bits per heavy atom. The lowest BCUT2D eigenvalue weighted by molar-refractivity contribution is 0.777. The van der Waals surface area contributed by atoms with Gasteiger partial charge in [0.2, 0.25) is 4.96 Å². The first-order valence-electron chi connectivity index (χ1n) is 7.92. The van der Waals surface area contributed by atoms with Crippen molar-refractivity contribution in [2.24, 2.45) is 4.99 Å². The highest BCUT2D eigenvalue weighted by Crippen LogP contribution is 2.25. The van der Waals surface area contributed by atoms with Crippen molar-refractivity contribution < 1.29 is 0 Å². The molecule has 3 heterocycles. The van der Waals surface area contributed by atoms with Crippen molar-refractivity contribution in [1.82, 2.24) is 19.8 Å². The number of hydrogen-bond donors (Lipinski definition) is 0. The second kappa shape index (κ2) is 7.67. The van der Waals surface area contributed by atoms with Crippen LogP contribution in [0.25, 0.3) is 4.96 Å². The average molecular weight is 376 g/mol. The third kappa shape index (κ3) is 3.81. The van der Waals surface area contributed by atoms with Crippen LogP contribution >= 0.6 is 34.9 Å². The maximum atomic E-state index is 4.70. The molecule has 0 bridgehead atoms. The van der Waals surface area contributed by atoms with Gasteiger partial charge in [-0.1, -0.05) is 65.2 Å². The molecule has 3 aromatic rings. The molecule has 0 unspecified atom stereocenters. The van der Waals surface area contributed by atoms with Crippen molar-refractivity contribution in [2.45, 2.75) is 25.0 Å². The van der Waals surface area contributed by atoms with Gasteiger partial charge in [0.1, 0.15) is 9.38 Å². The fourth-order valence-corrected chi connectivity index (χ4v) is 5.31. The molecule has 1 aliphatic heterocycles. The van der Waals surface area contributed by atoms with Crippen molar-refractivity contribution in [3.63, 3.8) is 0 Å². The minimum Gasteiger partial charge on any atom is -0.271 e. The van der Waals surface area contributed by atoms with Crippen LogP contribution in [0.4, 0.5) is 0 Å². The molecule has 0 fully saturated rings. The fraction of sp³-hybridized carbons (Fsp3) is 0.375. The first-order valence-corrected chi connectivity index (χ1v) is 10.7. The minimum absolute atomic E-state index is 0.778. The lowest BCUT2D eigenvalue weighted by atomic mass is 10.1. The van der Waals surface area contributed by atoms with E-state index in [0.717, 1.165) is 57.5 Å². The zero-order chi connectivity index (χ0) is 16.2. The number of benzene rings is 1. The zero-order valence-corrected chi connectivity index (χ0v) is 15.5. The van der Waals surface area contributed by atoms with Gasteiger partial charge in [0.15, 0.2) is 5.82 Å². The van der Waals surface area contributed by atoms with E-state index in [1.165, 1.54) is 5.56 Å². The number of hydrogen-bond acceptors (Lipinski definition) is 7. The van der Waals surface area contributed by atoms with E-state index in [1.807, 2.05) is 16.3 Å². The van der Waals surface area contributed by atoms with Gasteiger partial charge in [0.25, 0.3) is 0 Å². The fourth-order valence-electron chi connectivity index (χ4n) is 2.51. The van der Waals surface area contributed by atoms with E-state index in [2.05, 4.69) is 45.5 Å². The summed E-state index contributed by atoms with van der Waals surface area (Å²) in [5, 5.41) is 14.4. The minimum atomic E-state index is 0.778. The number of nitrogens with zero attached hydrogens (tertiary/aromatic N) is 5. The Morgan fingerprint density at radius 1 is 1.12 bits per heavy atom. The quantitative estimate of drug-likeness (QED) is 0.657. The van der Waals surface area contributed by atoms with Gasteiger partial charge in [-0.05, 0) is 18.4 Å². The van der Waals surface area contributed by atoms with Gasteiger partial charge >= 0.3 is 0 Å². The average Bonchev–Trinajstić information content (AvgIpc) is 3.31. The Kier molecular flexibility index (Phi) is 5.15. The van der Waals surface area contributed by atoms with E-state index in [9.17, 15) is 0 Å². The highest BCUT2D eigenvalue weighted by molar-refractivity contribution is 8.38. The van der Waals surface area contributed by atoms with Crippen LogP contribution in [0.15, 0.2) is 35.3 Å². The van der Waals surface area contributed by atoms with Crippen molar-refractivity contribution in [2.75, 3.05) is 12.3 Å². The molecule has 0 aliphatic carbocycles. The molecule has 0 atom stereocenters. The van der Waals surface area contributed by atoms with E-state index in [0.29, 0.717) is 0 Å². The van der Waals surface area contributed by atoms with E-state index in [-0.39, 0.29) is 0 Å². The summed E-state index contributed by atoms with van der Waals surface area (Å²) in [4.78, 5) is 5.35. The number of aryl methyl sites for hydroxylation is 2. The Bertz CT molecular complexity index is 840. The number of thioether (sulfide) groups is 2. The zero-order valence-electron chi connectivity index (χ0n) is 13.1. The monoisotopic (exact) mass is 375 g/mol. The topological polar surface area (TPSA) is 55.4 Å². The summed E-state index contributed by atoms with van der Waals surface area (Å²) in [6.45, 7) is 0.935. The molecule has 5 nitrogen and oxygen atoms in total. The second-order valence-electron chi connectivity index (χ2n) is 5.43. The van der Waals surface area contributed by atoms with Crippen LogP contribution in [-0.2, 0) is 18.6 Å². The summed E-state index contributed by atoms with van der Waals surface area (Å²) in [5.74, 6) is 2.79. The molecule has 4 rings (SSSR count). The molecule has 0 spiro atoms. The molecule has 0 N–H and O–H groups in total. The van der Waals surface area contributed by atoms with E-state index >= 15 is 0 Å². The molecule has 8 heteroatoms. The van der Waals surface area contributed by atoms with Crippen LogP contribution in [0.3, 0.4) is 0 Å². The van der Waals surface area contributed by atoms with Gasteiger partial charge in [-0.15, -0.1) is 10.2 Å². The van der Waals surface area contributed by atoms with Crippen molar-refractivity contribution in [3.8, 4) is 0 Å². The van der Waals surface area contributed by atoms with Crippen LogP contribution in [0.2, 0.25) is 0 Å². The maximum Gasteiger partial charge on any atom is 0.234 e. The van der Waals surface area contributed by atoms with Crippen LogP contribution in [-0.4, -0.2) is 36.5 Å². The molecule has 0 radical (unpaired) electrons. The normalized spacial score (nSPS) is 14.4. The van der Waals surface area contributed by atoms with E-state index in [4.69, 9.17) is 5.10 Å². The summed E-state index contributed by atoms with van der Waals surface area (Å²) in [5.41, 5.74) is 1.38. The Morgan fingerprint density at radius 3 is 2.88 bits per heavy atom. The molecule has 2 aromatic heterocycles. The van der Waals surface area contributed by atoms with E-state index < -0.39 is 0 Å². The number of aromatic nitrogens is 4. The highest BCUT2D eigenvalue weighted by atomic mass is 32.2. The van der Waals surface area contributed by atoms with Crippen molar-refractivity contribution in [1.29, 1.82) is 0 Å². The predicted octanol–water partition coefficient (Wildman–Crippen LogP) is 3.70. The molecule has 24 heavy (non-hydrogen) atoms. The van der Waals surface area contributed by atoms with Crippen LogP contribution in [0.1, 0.15) is 22.8 Å². The van der Waals surface area contributed by atoms with Gasteiger partial charge in [-0.2, -0.15) is 9.61 Å². The lowest BCUT2D eigenvalue weighted by Gasteiger charge is -1.99. The first kappa shape index (κ1) is 16.1. The molecule has 0 saturated carbocycles. The summed E-state index contributed by atoms with van der Waals surface area (Å²) in [6.07, 6.45) is 3.17. The standard InChI is InChI=1S/C16H17N5S3/c1-2-5-12(6-3-1)7-4-8-14-20-21-13(18-19-15(21)24-14)11-23-16-17-9-10-22-16/h1-3,5-6H,4,7-11H2. The summed E-state index contributed by atoms with van der Waals surface area (Å²) in [7, 11) is 0.